The fourth-order valence-electron chi connectivity index (χ4n) is 1.72. The van der Waals surface area contributed by atoms with Gasteiger partial charge in [-0.1, -0.05) is 12.1 Å². The van der Waals surface area contributed by atoms with Crippen molar-refractivity contribution in [1.29, 1.82) is 0 Å². The van der Waals surface area contributed by atoms with Crippen molar-refractivity contribution in [1.82, 2.24) is 10.3 Å². The SMILES string of the molecule is Cc1ccc(C)c(NC(=O)NCc2ccncc2)c1. The molecular formula is C15H17N3O. The van der Waals surface area contributed by atoms with E-state index < -0.39 is 0 Å². The summed E-state index contributed by atoms with van der Waals surface area (Å²) in [6, 6.07) is 9.52. The van der Waals surface area contributed by atoms with Crippen molar-refractivity contribution in [3.8, 4) is 0 Å². The topological polar surface area (TPSA) is 54.0 Å². The summed E-state index contributed by atoms with van der Waals surface area (Å²) in [5.74, 6) is 0. The number of benzene rings is 1. The third-order valence-electron chi connectivity index (χ3n) is 2.84. The Hall–Kier alpha value is -2.36. The fraction of sp³-hybridized carbons (Fsp3) is 0.200. The molecule has 0 spiro atoms. The molecule has 98 valence electrons. The van der Waals surface area contributed by atoms with Crippen molar-refractivity contribution < 1.29 is 4.79 Å². The molecule has 0 fully saturated rings. The number of pyridine rings is 1. The summed E-state index contributed by atoms with van der Waals surface area (Å²) in [6.07, 6.45) is 3.42. The van der Waals surface area contributed by atoms with Crippen molar-refractivity contribution in [2.24, 2.45) is 0 Å². The third-order valence-corrected chi connectivity index (χ3v) is 2.84. The average molecular weight is 255 g/mol. The lowest BCUT2D eigenvalue weighted by atomic mass is 10.1. The number of carbonyl (C=O) groups excluding carboxylic acids is 1. The van der Waals surface area contributed by atoms with E-state index in [-0.39, 0.29) is 6.03 Å². The zero-order chi connectivity index (χ0) is 13.7. The highest BCUT2D eigenvalue weighted by Gasteiger charge is 2.04. The van der Waals surface area contributed by atoms with Crippen molar-refractivity contribution in [2.45, 2.75) is 20.4 Å². The molecule has 1 aromatic heterocycles. The first kappa shape index (κ1) is 13.1. The van der Waals surface area contributed by atoms with Crippen molar-refractivity contribution in [2.75, 3.05) is 5.32 Å². The van der Waals surface area contributed by atoms with Gasteiger partial charge in [0.05, 0.1) is 0 Å². The van der Waals surface area contributed by atoms with Gasteiger partial charge in [0, 0.05) is 24.6 Å². The van der Waals surface area contributed by atoms with Gasteiger partial charge in [0.15, 0.2) is 0 Å². The Morgan fingerprint density at radius 2 is 1.89 bits per heavy atom. The fourth-order valence-corrected chi connectivity index (χ4v) is 1.72. The van der Waals surface area contributed by atoms with E-state index in [9.17, 15) is 4.79 Å². The van der Waals surface area contributed by atoms with Crippen molar-refractivity contribution >= 4 is 11.7 Å². The van der Waals surface area contributed by atoms with E-state index in [1.807, 2.05) is 44.2 Å². The first-order chi connectivity index (χ1) is 9.15. The van der Waals surface area contributed by atoms with Crippen LogP contribution in [0.3, 0.4) is 0 Å². The second-order valence-corrected chi connectivity index (χ2v) is 4.48. The summed E-state index contributed by atoms with van der Waals surface area (Å²) in [5.41, 5.74) is 4.03. The van der Waals surface area contributed by atoms with Gasteiger partial charge in [0.2, 0.25) is 0 Å². The summed E-state index contributed by atoms with van der Waals surface area (Å²) < 4.78 is 0. The number of hydrogen-bond donors (Lipinski definition) is 2. The van der Waals surface area contributed by atoms with Gasteiger partial charge in [-0.2, -0.15) is 0 Å². The van der Waals surface area contributed by atoms with Crippen LogP contribution in [0.1, 0.15) is 16.7 Å². The molecule has 2 N–H and O–H groups in total. The molecule has 2 amide bonds. The summed E-state index contributed by atoms with van der Waals surface area (Å²) in [6.45, 7) is 4.45. The lowest BCUT2D eigenvalue weighted by Gasteiger charge is -2.10. The van der Waals surface area contributed by atoms with Crippen LogP contribution < -0.4 is 10.6 Å². The monoisotopic (exact) mass is 255 g/mol. The molecule has 0 saturated carbocycles. The number of aromatic nitrogens is 1. The van der Waals surface area contributed by atoms with Gasteiger partial charge in [-0.15, -0.1) is 0 Å². The zero-order valence-electron chi connectivity index (χ0n) is 11.1. The third kappa shape index (κ3) is 3.81. The number of urea groups is 1. The summed E-state index contributed by atoms with van der Waals surface area (Å²) >= 11 is 0. The van der Waals surface area contributed by atoms with E-state index >= 15 is 0 Å². The summed E-state index contributed by atoms with van der Waals surface area (Å²) in [4.78, 5) is 15.7. The Labute approximate surface area is 112 Å². The highest BCUT2D eigenvalue weighted by atomic mass is 16.2. The Balaban J connectivity index is 1.93. The summed E-state index contributed by atoms with van der Waals surface area (Å²) in [7, 11) is 0. The van der Waals surface area contributed by atoms with Crippen LogP contribution in [0.25, 0.3) is 0 Å². The molecule has 0 saturated heterocycles. The number of anilines is 1. The number of nitrogens with one attached hydrogen (secondary N) is 2. The zero-order valence-corrected chi connectivity index (χ0v) is 11.1. The molecule has 1 aromatic carbocycles. The largest absolute Gasteiger partial charge is 0.334 e. The van der Waals surface area contributed by atoms with Crippen LogP contribution in [0, 0.1) is 13.8 Å². The van der Waals surface area contributed by atoms with Crippen LogP contribution in [-0.4, -0.2) is 11.0 Å². The minimum atomic E-state index is -0.203. The molecule has 2 rings (SSSR count). The Morgan fingerprint density at radius 3 is 2.63 bits per heavy atom. The Bertz CT molecular complexity index is 567. The van der Waals surface area contributed by atoms with Crippen LogP contribution >= 0.6 is 0 Å². The van der Waals surface area contributed by atoms with E-state index in [2.05, 4.69) is 15.6 Å². The van der Waals surface area contributed by atoms with E-state index in [0.29, 0.717) is 6.54 Å². The quantitative estimate of drug-likeness (QED) is 0.885. The van der Waals surface area contributed by atoms with Gasteiger partial charge in [-0.05, 0) is 48.7 Å². The summed E-state index contributed by atoms with van der Waals surface area (Å²) in [5, 5.41) is 5.67. The maximum atomic E-state index is 11.8. The maximum absolute atomic E-state index is 11.8. The van der Waals surface area contributed by atoms with Crippen LogP contribution in [0.4, 0.5) is 10.5 Å². The second kappa shape index (κ2) is 6.00. The predicted molar refractivity (Wildman–Crippen MR) is 76.0 cm³/mol. The van der Waals surface area contributed by atoms with Gasteiger partial charge in [0.1, 0.15) is 0 Å². The molecule has 0 aliphatic heterocycles. The molecule has 0 aliphatic rings. The number of aryl methyl sites for hydroxylation is 2. The Morgan fingerprint density at radius 1 is 1.16 bits per heavy atom. The van der Waals surface area contributed by atoms with E-state index in [1.165, 1.54) is 0 Å². The van der Waals surface area contributed by atoms with Crippen LogP contribution in [0.2, 0.25) is 0 Å². The smallest absolute Gasteiger partial charge is 0.319 e. The highest BCUT2D eigenvalue weighted by molar-refractivity contribution is 5.90. The molecule has 1 heterocycles. The lowest BCUT2D eigenvalue weighted by molar-refractivity contribution is 0.251. The normalized spacial score (nSPS) is 10.0. The van der Waals surface area contributed by atoms with E-state index in [4.69, 9.17) is 0 Å². The van der Waals surface area contributed by atoms with E-state index in [0.717, 1.165) is 22.4 Å². The predicted octanol–water partition coefficient (Wildman–Crippen LogP) is 3.02. The van der Waals surface area contributed by atoms with Crippen LogP contribution in [0.5, 0.6) is 0 Å². The number of rotatable bonds is 3. The molecular weight excluding hydrogens is 238 g/mol. The molecule has 4 nitrogen and oxygen atoms in total. The highest BCUT2D eigenvalue weighted by Crippen LogP contribution is 2.15. The molecule has 2 aromatic rings. The molecule has 4 heteroatoms. The molecule has 0 unspecified atom stereocenters. The minimum Gasteiger partial charge on any atom is -0.334 e. The molecule has 0 aliphatic carbocycles. The number of hydrogen-bond acceptors (Lipinski definition) is 2. The number of nitrogens with zero attached hydrogens (tertiary/aromatic N) is 1. The van der Waals surface area contributed by atoms with E-state index in [1.54, 1.807) is 12.4 Å². The maximum Gasteiger partial charge on any atom is 0.319 e. The number of carbonyl (C=O) groups is 1. The van der Waals surface area contributed by atoms with Gasteiger partial charge in [-0.25, -0.2) is 4.79 Å². The molecule has 0 atom stereocenters. The van der Waals surface area contributed by atoms with Gasteiger partial charge in [0.25, 0.3) is 0 Å². The lowest BCUT2D eigenvalue weighted by Crippen LogP contribution is -2.28. The average Bonchev–Trinajstić information content (AvgIpc) is 2.42. The minimum absolute atomic E-state index is 0.203. The van der Waals surface area contributed by atoms with Crippen LogP contribution in [0.15, 0.2) is 42.7 Å². The molecule has 0 radical (unpaired) electrons. The second-order valence-electron chi connectivity index (χ2n) is 4.48. The van der Waals surface area contributed by atoms with Gasteiger partial charge < -0.3 is 10.6 Å². The van der Waals surface area contributed by atoms with Gasteiger partial charge in [-0.3, -0.25) is 4.98 Å². The molecule has 19 heavy (non-hydrogen) atoms. The number of amides is 2. The molecule has 0 bridgehead atoms. The standard InChI is InChI=1S/C15H17N3O/c1-11-3-4-12(2)14(9-11)18-15(19)17-10-13-5-7-16-8-6-13/h3-9H,10H2,1-2H3,(H2,17,18,19). The van der Waals surface area contributed by atoms with Crippen molar-refractivity contribution in [3.63, 3.8) is 0 Å². The van der Waals surface area contributed by atoms with Gasteiger partial charge >= 0.3 is 6.03 Å². The first-order valence-electron chi connectivity index (χ1n) is 6.16. The Kier molecular flexibility index (Phi) is 4.13. The van der Waals surface area contributed by atoms with Crippen LogP contribution in [-0.2, 0) is 6.54 Å². The van der Waals surface area contributed by atoms with Crippen molar-refractivity contribution in [3.05, 3.63) is 59.4 Å². The first-order valence-corrected chi connectivity index (χ1v) is 6.16.